The van der Waals surface area contributed by atoms with Crippen molar-refractivity contribution in [2.45, 2.75) is 12.8 Å². The minimum absolute atomic E-state index is 0.332. The van der Waals surface area contributed by atoms with Crippen molar-refractivity contribution in [1.29, 1.82) is 0 Å². The first-order valence-corrected chi connectivity index (χ1v) is 10.6. The Bertz CT molecular complexity index is 1070. The summed E-state index contributed by atoms with van der Waals surface area (Å²) in [4.78, 5) is 26.9. The number of halogens is 2. The molecule has 3 rings (SSSR count). The fraction of sp³-hybridized carbons (Fsp3) is 0.250. The van der Waals surface area contributed by atoms with Crippen LogP contribution in [0.2, 0.25) is 10.0 Å². The molecular formula is C24H23Cl2NO5. The van der Waals surface area contributed by atoms with Crippen LogP contribution in [0.15, 0.2) is 42.0 Å². The van der Waals surface area contributed by atoms with Gasteiger partial charge in [0, 0.05) is 28.2 Å². The summed E-state index contributed by atoms with van der Waals surface area (Å²) in [6.45, 7) is 0.350. The van der Waals surface area contributed by atoms with E-state index in [0.717, 1.165) is 0 Å². The number of ether oxygens (including phenoxy) is 3. The number of nitrogens with zero attached hydrogens (tertiary/aromatic N) is 1. The van der Waals surface area contributed by atoms with E-state index in [4.69, 9.17) is 37.4 Å². The number of carbonyl (C=O) groups excluding carboxylic acids is 2. The predicted octanol–water partition coefficient (Wildman–Crippen LogP) is 5.27. The van der Waals surface area contributed by atoms with Crippen LogP contribution in [0.3, 0.4) is 0 Å². The summed E-state index contributed by atoms with van der Waals surface area (Å²) < 4.78 is 16.1. The second kappa shape index (κ2) is 10.6. The van der Waals surface area contributed by atoms with Gasteiger partial charge in [0.2, 0.25) is 5.75 Å². The third-order valence-electron chi connectivity index (χ3n) is 5.01. The molecule has 2 aromatic carbocycles. The fourth-order valence-corrected chi connectivity index (χ4v) is 3.90. The highest BCUT2D eigenvalue weighted by Crippen LogP contribution is 2.39. The van der Waals surface area contributed by atoms with Gasteiger partial charge in [-0.15, -0.1) is 0 Å². The highest BCUT2D eigenvalue weighted by Gasteiger charge is 2.27. The van der Waals surface area contributed by atoms with Crippen LogP contribution >= 0.6 is 23.2 Å². The van der Waals surface area contributed by atoms with Gasteiger partial charge in [-0.25, -0.2) is 0 Å². The van der Waals surface area contributed by atoms with Gasteiger partial charge in [-0.3, -0.25) is 14.5 Å². The summed E-state index contributed by atoms with van der Waals surface area (Å²) >= 11 is 12.0. The summed E-state index contributed by atoms with van der Waals surface area (Å²) in [6.07, 6.45) is 5.89. The van der Waals surface area contributed by atoms with Crippen molar-refractivity contribution in [3.63, 3.8) is 0 Å². The summed E-state index contributed by atoms with van der Waals surface area (Å²) in [6, 6.07) is 8.50. The smallest absolute Gasteiger partial charge is 0.256 e. The zero-order chi connectivity index (χ0) is 23.3. The number of rotatable bonds is 6. The molecule has 1 aliphatic rings. The Kier molecular flexibility index (Phi) is 7.83. The molecular weight excluding hydrogens is 453 g/mol. The van der Waals surface area contributed by atoms with E-state index in [0.29, 0.717) is 63.4 Å². The molecule has 0 radical (unpaired) electrons. The number of likely N-dealkylation sites (tertiary alicyclic amines) is 1. The first kappa shape index (κ1) is 23.7. The van der Waals surface area contributed by atoms with Crippen molar-refractivity contribution in [2.75, 3.05) is 27.9 Å². The monoisotopic (exact) mass is 475 g/mol. The molecule has 0 atom stereocenters. The van der Waals surface area contributed by atoms with Crippen LogP contribution in [-0.2, 0) is 9.59 Å². The molecule has 32 heavy (non-hydrogen) atoms. The molecule has 1 saturated heterocycles. The highest BCUT2D eigenvalue weighted by molar-refractivity contribution is 6.35. The normalized spacial score (nSPS) is 15.3. The van der Waals surface area contributed by atoms with E-state index in [1.807, 2.05) is 0 Å². The van der Waals surface area contributed by atoms with Crippen LogP contribution in [0, 0.1) is 0 Å². The van der Waals surface area contributed by atoms with Crippen LogP contribution in [-0.4, -0.2) is 44.6 Å². The maximum absolute atomic E-state index is 13.0. The number of methoxy groups -OCH3 is 3. The van der Waals surface area contributed by atoms with E-state index >= 15 is 0 Å². The Labute approximate surface area is 197 Å². The van der Waals surface area contributed by atoms with Gasteiger partial charge in [-0.1, -0.05) is 29.3 Å². The molecule has 0 saturated carbocycles. The molecule has 0 spiro atoms. The quantitative estimate of drug-likeness (QED) is 0.532. The minimum atomic E-state index is -0.406. The van der Waals surface area contributed by atoms with Crippen LogP contribution < -0.4 is 14.2 Å². The molecule has 0 N–H and O–H groups in total. The van der Waals surface area contributed by atoms with Crippen molar-refractivity contribution < 1.29 is 23.8 Å². The zero-order valence-electron chi connectivity index (χ0n) is 18.0. The highest BCUT2D eigenvalue weighted by atomic mass is 35.5. The predicted molar refractivity (Wildman–Crippen MR) is 126 cm³/mol. The van der Waals surface area contributed by atoms with Crippen molar-refractivity contribution in [2.24, 2.45) is 0 Å². The lowest BCUT2D eigenvalue weighted by Gasteiger charge is -2.26. The molecule has 2 amide bonds. The Balaban J connectivity index is 1.83. The molecule has 0 bridgehead atoms. The molecule has 1 aliphatic heterocycles. The Morgan fingerprint density at radius 3 is 2.31 bits per heavy atom. The number of hydrogen-bond acceptors (Lipinski definition) is 5. The molecule has 1 heterocycles. The largest absolute Gasteiger partial charge is 0.493 e. The van der Waals surface area contributed by atoms with Crippen LogP contribution in [0.25, 0.3) is 12.2 Å². The molecule has 0 aromatic heterocycles. The Morgan fingerprint density at radius 2 is 1.72 bits per heavy atom. The third-order valence-corrected chi connectivity index (χ3v) is 5.57. The van der Waals surface area contributed by atoms with E-state index in [9.17, 15) is 9.59 Å². The molecule has 2 aromatic rings. The second-order valence-electron chi connectivity index (χ2n) is 7.03. The number of hydrogen-bond donors (Lipinski definition) is 0. The number of amides is 2. The van der Waals surface area contributed by atoms with Crippen LogP contribution in [0.1, 0.15) is 24.0 Å². The van der Waals surface area contributed by atoms with Gasteiger partial charge >= 0.3 is 0 Å². The average molecular weight is 476 g/mol. The number of carbonyl (C=O) groups is 2. The maximum Gasteiger partial charge on any atom is 0.256 e. The van der Waals surface area contributed by atoms with Gasteiger partial charge in [-0.05, 0) is 60.4 Å². The van der Waals surface area contributed by atoms with Crippen LogP contribution in [0.5, 0.6) is 17.2 Å². The first-order valence-electron chi connectivity index (χ1n) is 9.87. The van der Waals surface area contributed by atoms with Crippen molar-refractivity contribution in [3.05, 3.63) is 63.2 Å². The Hall–Kier alpha value is -2.96. The van der Waals surface area contributed by atoms with E-state index in [1.54, 1.807) is 42.5 Å². The van der Waals surface area contributed by atoms with Crippen molar-refractivity contribution >= 4 is 47.2 Å². The van der Waals surface area contributed by atoms with Gasteiger partial charge in [0.15, 0.2) is 11.5 Å². The van der Waals surface area contributed by atoms with Gasteiger partial charge in [-0.2, -0.15) is 0 Å². The van der Waals surface area contributed by atoms with E-state index in [-0.39, 0.29) is 5.91 Å². The fourth-order valence-electron chi connectivity index (χ4n) is 3.43. The standard InChI is InChI=1S/C24H23Cl2NO5/c1-30-20-12-15(13-21(31-2)23(20)32-3)11-17-5-4-10-27(24(17)29)22(28)9-7-16-6-8-18(25)14-19(16)26/h6-9,11-14H,4-5,10H2,1-3H3/b9-7+,17-11+. The maximum atomic E-state index is 13.0. The van der Waals surface area contributed by atoms with Crippen LogP contribution in [0.4, 0.5) is 0 Å². The zero-order valence-corrected chi connectivity index (χ0v) is 19.5. The minimum Gasteiger partial charge on any atom is -0.493 e. The van der Waals surface area contributed by atoms with Crippen molar-refractivity contribution in [3.8, 4) is 17.2 Å². The topological polar surface area (TPSA) is 65.1 Å². The average Bonchev–Trinajstić information content (AvgIpc) is 2.78. The molecule has 8 heteroatoms. The lowest BCUT2D eigenvalue weighted by molar-refractivity contribution is -0.140. The summed E-state index contributed by atoms with van der Waals surface area (Å²) in [7, 11) is 4.58. The lowest BCUT2D eigenvalue weighted by Crippen LogP contribution is -2.40. The van der Waals surface area contributed by atoms with Gasteiger partial charge in [0.1, 0.15) is 0 Å². The summed E-state index contributed by atoms with van der Waals surface area (Å²) in [5.74, 6) is 0.698. The number of benzene rings is 2. The van der Waals surface area contributed by atoms with Gasteiger partial charge in [0.25, 0.3) is 11.8 Å². The van der Waals surface area contributed by atoms with Gasteiger partial charge in [0.05, 0.1) is 21.3 Å². The molecule has 6 nitrogen and oxygen atoms in total. The van der Waals surface area contributed by atoms with Gasteiger partial charge < -0.3 is 14.2 Å². The Morgan fingerprint density at radius 1 is 1.03 bits per heavy atom. The number of imide groups is 1. The van der Waals surface area contributed by atoms with Crippen molar-refractivity contribution in [1.82, 2.24) is 4.90 Å². The molecule has 168 valence electrons. The summed E-state index contributed by atoms with van der Waals surface area (Å²) in [5.41, 5.74) is 1.87. The first-order chi connectivity index (χ1) is 15.4. The molecule has 0 aliphatic carbocycles. The lowest BCUT2D eigenvalue weighted by atomic mass is 10.00. The number of piperidine rings is 1. The summed E-state index contributed by atoms with van der Waals surface area (Å²) in [5, 5.41) is 0.931. The molecule has 0 unspecified atom stereocenters. The van der Waals surface area contributed by atoms with E-state index in [1.165, 1.54) is 32.3 Å². The van der Waals surface area contributed by atoms with E-state index < -0.39 is 5.91 Å². The second-order valence-corrected chi connectivity index (χ2v) is 7.87. The third kappa shape index (κ3) is 5.26. The van der Waals surface area contributed by atoms with E-state index in [2.05, 4.69) is 0 Å². The SMILES string of the molecule is COc1cc(/C=C2\CCCN(C(=O)/C=C/c3ccc(Cl)cc3Cl)C2=O)cc(OC)c1OC. The molecule has 1 fully saturated rings.